The Kier molecular flexibility index (Phi) is 7.74. The Hall–Kier alpha value is -1.04. The van der Waals surface area contributed by atoms with Gasteiger partial charge in [0.05, 0.1) is 14.1 Å². The van der Waals surface area contributed by atoms with Gasteiger partial charge in [-0.3, -0.25) is 9.59 Å². The van der Waals surface area contributed by atoms with Crippen LogP contribution in [0.2, 0.25) is 0 Å². The van der Waals surface area contributed by atoms with Crippen LogP contribution in [-0.2, 0) is 9.59 Å². The first-order chi connectivity index (χ1) is 17.6. The van der Waals surface area contributed by atoms with E-state index >= 15 is 0 Å². The van der Waals surface area contributed by atoms with E-state index in [1.807, 2.05) is 23.5 Å². The van der Waals surface area contributed by atoms with Gasteiger partial charge < -0.3 is 4.90 Å². The topological polar surface area (TPSA) is 37.4 Å². The van der Waals surface area contributed by atoms with Gasteiger partial charge in [-0.15, -0.1) is 23.5 Å². The lowest BCUT2D eigenvalue weighted by Gasteiger charge is -2.46. The minimum atomic E-state index is -0.463. The molecule has 0 N–H and O–H groups in total. The van der Waals surface area contributed by atoms with Crippen molar-refractivity contribution in [3.63, 3.8) is 0 Å². The molecule has 3 nitrogen and oxygen atoms in total. The maximum Gasteiger partial charge on any atom is 0.185 e. The molecule has 0 aromatic carbocycles. The summed E-state index contributed by atoms with van der Waals surface area (Å²) in [5, 5.41) is 0. The molecule has 0 amide bonds. The smallest absolute Gasteiger partial charge is 0.185 e. The van der Waals surface area contributed by atoms with Gasteiger partial charge in [-0.1, -0.05) is 107 Å². The van der Waals surface area contributed by atoms with E-state index in [0.717, 1.165) is 41.9 Å². The van der Waals surface area contributed by atoms with Crippen LogP contribution >= 0.6 is 23.5 Å². The molecule has 2 aliphatic heterocycles. The van der Waals surface area contributed by atoms with Crippen LogP contribution in [0.4, 0.5) is 0 Å². The Balaban J connectivity index is 2.05. The highest BCUT2D eigenvalue weighted by atomic mass is 32.2. The maximum absolute atomic E-state index is 14.0. The van der Waals surface area contributed by atoms with Gasteiger partial charge in [-0.25, -0.2) is 0 Å². The van der Waals surface area contributed by atoms with E-state index < -0.39 is 9.49 Å². The Labute approximate surface area is 246 Å². The van der Waals surface area contributed by atoms with Crippen molar-refractivity contribution in [2.75, 3.05) is 19.6 Å². The summed E-state index contributed by atoms with van der Waals surface area (Å²) < 4.78 is -0.599. The maximum atomic E-state index is 14.0. The number of fused-ring (bicyclic) bond motifs is 1. The van der Waals surface area contributed by atoms with Crippen LogP contribution in [0.15, 0.2) is 46.6 Å². The number of hydrogen-bond acceptors (Lipinski definition) is 5. The van der Waals surface area contributed by atoms with E-state index in [9.17, 15) is 9.59 Å². The molecule has 2 aliphatic carbocycles. The van der Waals surface area contributed by atoms with Crippen LogP contribution in [0.5, 0.6) is 0 Å². The van der Waals surface area contributed by atoms with E-state index in [-0.39, 0.29) is 33.2 Å². The Morgan fingerprint density at radius 3 is 1.15 bits per heavy atom. The number of likely N-dealkylation sites (tertiary alicyclic amines) is 1. The van der Waals surface area contributed by atoms with Gasteiger partial charge in [0.2, 0.25) is 0 Å². The van der Waals surface area contributed by atoms with E-state index in [1.165, 1.54) is 12.8 Å². The van der Waals surface area contributed by atoms with Gasteiger partial charge in [0.25, 0.3) is 0 Å². The zero-order valence-corrected chi connectivity index (χ0v) is 28.1. The lowest BCUT2D eigenvalue weighted by Crippen LogP contribution is -2.48. The summed E-state index contributed by atoms with van der Waals surface area (Å²) in [5.41, 5.74) is 2.46. The molecular weight excluding hydrogens is 519 g/mol. The highest BCUT2D eigenvalue weighted by molar-refractivity contribution is 8.22. The molecule has 0 atom stereocenters. The molecule has 216 valence electrons. The van der Waals surface area contributed by atoms with E-state index in [2.05, 4.69) is 112 Å². The molecule has 2 spiro atoms. The van der Waals surface area contributed by atoms with Gasteiger partial charge in [-0.05, 0) is 47.6 Å². The van der Waals surface area contributed by atoms with E-state index in [4.69, 9.17) is 0 Å². The van der Waals surface area contributed by atoms with Gasteiger partial charge in [0.1, 0.15) is 0 Å². The first-order valence-corrected chi connectivity index (χ1v) is 16.5. The second-order valence-electron chi connectivity index (χ2n) is 16.1. The molecule has 4 rings (SSSR count). The van der Waals surface area contributed by atoms with Crippen molar-refractivity contribution < 1.29 is 9.59 Å². The molecule has 2 fully saturated rings. The lowest BCUT2D eigenvalue weighted by molar-refractivity contribution is -0.115. The minimum absolute atomic E-state index is 0.177. The molecule has 2 saturated heterocycles. The minimum Gasteiger partial charge on any atom is -0.301 e. The van der Waals surface area contributed by atoms with Crippen LogP contribution in [0.1, 0.15) is 95.9 Å². The van der Waals surface area contributed by atoms with Crippen LogP contribution in [0.25, 0.3) is 0 Å². The van der Waals surface area contributed by atoms with Crippen LogP contribution < -0.4 is 0 Å². The number of allylic oxidation sites excluding steroid dienone is 4. The quantitative estimate of drug-likeness (QED) is 0.334. The summed E-state index contributed by atoms with van der Waals surface area (Å²) >= 11 is 4.02. The number of thioether (sulfide) groups is 2. The summed E-state index contributed by atoms with van der Waals surface area (Å²) in [4.78, 5) is 30.7. The molecule has 0 unspecified atom stereocenters. The summed E-state index contributed by atoms with van der Waals surface area (Å²) in [6, 6.07) is 0. The van der Waals surface area contributed by atoms with Gasteiger partial charge in [0, 0.05) is 28.8 Å². The molecule has 2 heterocycles. The lowest BCUT2D eigenvalue weighted by atomic mass is 9.65. The molecule has 0 bridgehead atoms. The average molecular weight is 570 g/mol. The molecule has 0 aromatic rings. The number of hydrogen-bond donors (Lipinski definition) is 0. The Morgan fingerprint density at radius 2 is 0.897 bits per heavy atom. The molecular formula is C34H51NO2S2. The highest BCUT2D eigenvalue weighted by Gasteiger charge is 2.61. The van der Waals surface area contributed by atoms with E-state index in [1.54, 1.807) is 0 Å². The van der Waals surface area contributed by atoms with Gasteiger partial charge in [-0.2, -0.15) is 0 Å². The zero-order valence-electron chi connectivity index (χ0n) is 26.5. The molecule has 0 saturated carbocycles. The third-order valence-corrected chi connectivity index (χ3v) is 12.0. The molecule has 4 aliphatic rings. The molecule has 39 heavy (non-hydrogen) atoms. The number of carbonyl (C=O) groups excluding carboxylic acids is 2. The fraction of sp³-hybridized carbons (Fsp3) is 0.706. The fourth-order valence-electron chi connectivity index (χ4n) is 6.20. The normalized spacial score (nSPS) is 24.8. The van der Waals surface area contributed by atoms with Gasteiger partial charge in [0.15, 0.2) is 11.6 Å². The Morgan fingerprint density at radius 1 is 0.615 bits per heavy atom. The summed E-state index contributed by atoms with van der Waals surface area (Å²) in [6.45, 7) is 29.3. The second kappa shape index (κ2) is 9.76. The monoisotopic (exact) mass is 569 g/mol. The number of nitrogens with zero attached hydrogens (tertiary/aromatic N) is 1. The van der Waals surface area contributed by atoms with Crippen LogP contribution in [0.3, 0.4) is 0 Å². The van der Waals surface area contributed by atoms with E-state index in [0.29, 0.717) is 4.58 Å². The average Bonchev–Trinajstić information content (AvgIpc) is 3.35. The van der Waals surface area contributed by atoms with Crippen LogP contribution in [-0.4, -0.2) is 50.2 Å². The SMILES string of the molecule is CC(C)(C)C1=CC2(C=C(C(C)(C)C)C1=O)SC(CN1CCCC1)SC21C=C(C(C)(C)C)C(=O)C(C(C)(C)C)=C1. The molecule has 0 radical (unpaired) electrons. The molecule has 5 heteroatoms. The number of rotatable bonds is 2. The largest absolute Gasteiger partial charge is 0.301 e. The first kappa shape index (κ1) is 30.9. The van der Waals surface area contributed by atoms with Crippen molar-refractivity contribution in [2.24, 2.45) is 21.7 Å². The summed E-state index contributed by atoms with van der Waals surface area (Å²) in [5.74, 6) is 0.354. The second-order valence-corrected chi connectivity index (χ2v) is 19.4. The highest BCUT2D eigenvalue weighted by Crippen LogP contribution is 2.66. The van der Waals surface area contributed by atoms with Crippen LogP contribution in [0, 0.1) is 21.7 Å². The Bertz CT molecular complexity index is 1010. The van der Waals surface area contributed by atoms with Gasteiger partial charge >= 0.3 is 0 Å². The number of carbonyl (C=O) groups is 2. The van der Waals surface area contributed by atoms with Crippen molar-refractivity contribution in [3.05, 3.63) is 46.6 Å². The third-order valence-electron chi connectivity index (χ3n) is 8.52. The predicted molar refractivity (Wildman–Crippen MR) is 170 cm³/mol. The summed E-state index contributed by atoms with van der Waals surface area (Å²) in [7, 11) is 0. The van der Waals surface area contributed by atoms with Crippen molar-refractivity contribution in [1.29, 1.82) is 0 Å². The van der Waals surface area contributed by atoms with Crippen molar-refractivity contribution >= 4 is 35.1 Å². The first-order valence-electron chi connectivity index (χ1n) is 14.7. The molecule has 0 aromatic heterocycles. The standard InChI is InChI=1S/C34H51NO2S2/c1-29(2,3)22-17-33(18-23(27(22)36)30(4,5)6)34(39-26(38-33)21-35-15-13-14-16-35)19-24(31(7,8)9)28(37)25(20-34)32(10,11)12/h17-20,26H,13-16,21H2,1-12H3. The third kappa shape index (κ3) is 5.71. The number of Topliss-reactive ketones (excluding diaryl/α,β-unsaturated/α-hetero) is 2. The number of ketones is 2. The van der Waals surface area contributed by atoms with Crippen molar-refractivity contribution in [2.45, 2.75) is 110 Å². The summed E-state index contributed by atoms with van der Waals surface area (Å²) in [6.07, 6.45) is 11.8. The predicted octanol–water partition coefficient (Wildman–Crippen LogP) is 8.42. The zero-order chi connectivity index (χ0) is 29.4. The van der Waals surface area contributed by atoms with Crippen molar-refractivity contribution in [3.8, 4) is 0 Å². The van der Waals surface area contributed by atoms with Crippen molar-refractivity contribution in [1.82, 2.24) is 4.90 Å². The fourth-order valence-corrected chi connectivity index (χ4v) is 10.4.